The Morgan fingerprint density at radius 2 is 1.41 bits per heavy atom. The number of benzene rings is 1. The lowest BCUT2D eigenvalue weighted by atomic mass is 10.0. The molecule has 0 saturated carbocycles. The van der Waals surface area contributed by atoms with Crippen LogP contribution in [0.1, 0.15) is 31.2 Å². The number of amides is 3. The van der Waals surface area contributed by atoms with Crippen molar-refractivity contribution in [2.24, 2.45) is 22.2 Å². The first-order chi connectivity index (χ1) is 18.3. The summed E-state index contributed by atoms with van der Waals surface area (Å²) in [7, 11) is 0. The number of guanidine groups is 1. The zero-order chi connectivity index (χ0) is 29.5. The minimum absolute atomic E-state index is 0.0545. The molecule has 3 amide bonds. The maximum Gasteiger partial charge on any atom is 0.328 e. The first-order valence-electron chi connectivity index (χ1n) is 11.9. The Morgan fingerprint density at radius 3 is 1.95 bits per heavy atom. The molecular weight excluding hydrogens is 518 g/mol. The van der Waals surface area contributed by atoms with Gasteiger partial charge in [-0.05, 0) is 37.0 Å². The molecule has 0 saturated heterocycles. The molecule has 0 heterocycles. The lowest BCUT2D eigenvalue weighted by molar-refractivity contribution is -0.143. The summed E-state index contributed by atoms with van der Waals surface area (Å²) in [5.74, 6) is -5.57. The van der Waals surface area contributed by atoms with Crippen molar-refractivity contribution in [2.75, 3.05) is 13.2 Å². The molecule has 1 rings (SSSR count). The lowest BCUT2D eigenvalue weighted by Gasteiger charge is -2.25. The third kappa shape index (κ3) is 12.6. The number of aliphatic carboxylic acids is 2. The third-order valence-corrected chi connectivity index (χ3v) is 5.39. The van der Waals surface area contributed by atoms with Crippen LogP contribution in [0.25, 0.3) is 0 Å². The number of nitrogens with one attached hydrogen (secondary N) is 3. The number of phenols is 1. The number of rotatable bonds is 17. The highest BCUT2D eigenvalue weighted by atomic mass is 16.4. The van der Waals surface area contributed by atoms with E-state index in [4.69, 9.17) is 27.4 Å². The summed E-state index contributed by atoms with van der Waals surface area (Å²) < 4.78 is 0. The van der Waals surface area contributed by atoms with Crippen molar-refractivity contribution in [1.29, 1.82) is 0 Å². The number of carbonyl (C=O) groups excluding carboxylic acids is 3. The van der Waals surface area contributed by atoms with Crippen LogP contribution in [-0.2, 0) is 30.4 Å². The van der Waals surface area contributed by atoms with Crippen LogP contribution in [-0.4, -0.2) is 93.4 Å². The molecule has 0 spiro atoms. The average Bonchev–Trinajstić information content (AvgIpc) is 2.87. The maximum atomic E-state index is 13.1. The van der Waals surface area contributed by atoms with Gasteiger partial charge >= 0.3 is 11.9 Å². The Kier molecular flexibility index (Phi) is 13.7. The molecule has 4 unspecified atom stereocenters. The van der Waals surface area contributed by atoms with Gasteiger partial charge in [-0.1, -0.05) is 12.1 Å². The summed E-state index contributed by atoms with van der Waals surface area (Å²) in [6.45, 7) is -0.704. The number of phenolic OH excluding ortho intramolecular Hbond substituents is 1. The number of hydrogen-bond donors (Lipinski definition) is 10. The van der Waals surface area contributed by atoms with E-state index in [2.05, 4.69) is 20.9 Å². The Morgan fingerprint density at radius 1 is 0.846 bits per heavy atom. The second-order valence-corrected chi connectivity index (χ2v) is 8.56. The quantitative estimate of drug-likeness (QED) is 0.0516. The van der Waals surface area contributed by atoms with Gasteiger partial charge in [-0.2, -0.15) is 0 Å². The van der Waals surface area contributed by atoms with E-state index in [1.165, 1.54) is 24.3 Å². The summed E-state index contributed by atoms with van der Waals surface area (Å²) in [4.78, 5) is 64.7. The van der Waals surface area contributed by atoms with Crippen molar-refractivity contribution >= 4 is 35.6 Å². The van der Waals surface area contributed by atoms with E-state index in [0.29, 0.717) is 12.0 Å². The van der Waals surface area contributed by atoms with Crippen molar-refractivity contribution in [3.63, 3.8) is 0 Å². The molecule has 13 N–H and O–H groups in total. The molecule has 0 radical (unpaired) electrons. The standard InChI is InChI=1S/C23H35N7O9/c24-14(2-1-9-27-23(25)26)19(35)28-15(7-8-18(33)34)20(36)29-16(10-12-3-5-13(32)6-4-12)21(37)30-17(11-31)22(38)39/h3-6,14-17,31-32H,1-2,7-11,24H2,(H,28,35)(H,29,36)(H,30,37)(H,33,34)(H,38,39)(H4,25,26,27). The van der Waals surface area contributed by atoms with Gasteiger partial charge in [-0.25, -0.2) is 4.79 Å². The van der Waals surface area contributed by atoms with Crippen LogP contribution in [0, 0.1) is 0 Å². The van der Waals surface area contributed by atoms with Gasteiger partial charge in [0.25, 0.3) is 0 Å². The molecule has 1 aromatic rings. The molecule has 0 bridgehead atoms. The lowest BCUT2D eigenvalue weighted by Crippen LogP contribution is -2.58. The van der Waals surface area contributed by atoms with Gasteiger partial charge in [0.1, 0.15) is 23.9 Å². The first kappa shape index (κ1) is 32.6. The number of aromatic hydroxyl groups is 1. The second-order valence-electron chi connectivity index (χ2n) is 8.56. The van der Waals surface area contributed by atoms with Crippen LogP contribution in [0.4, 0.5) is 0 Å². The molecule has 0 fully saturated rings. The second kappa shape index (κ2) is 16.4. The minimum Gasteiger partial charge on any atom is -0.508 e. The molecule has 16 nitrogen and oxygen atoms in total. The van der Waals surface area contributed by atoms with Gasteiger partial charge in [-0.3, -0.25) is 24.2 Å². The van der Waals surface area contributed by atoms with Crippen molar-refractivity contribution in [3.05, 3.63) is 29.8 Å². The number of aliphatic hydroxyl groups is 1. The minimum atomic E-state index is -1.66. The average molecular weight is 554 g/mol. The van der Waals surface area contributed by atoms with Crippen LogP contribution in [0.5, 0.6) is 5.75 Å². The van der Waals surface area contributed by atoms with E-state index in [-0.39, 0.29) is 37.5 Å². The zero-order valence-electron chi connectivity index (χ0n) is 21.1. The molecule has 0 aliphatic rings. The summed E-state index contributed by atoms with van der Waals surface area (Å²) in [6.07, 6.45) is -0.504. The Hall–Kier alpha value is -4.44. The van der Waals surface area contributed by atoms with E-state index in [9.17, 15) is 34.2 Å². The maximum absolute atomic E-state index is 13.1. The summed E-state index contributed by atoms with van der Waals surface area (Å²) in [5.41, 5.74) is 16.8. The zero-order valence-corrected chi connectivity index (χ0v) is 21.1. The van der Waals surface area contributed by atoms with Crippen molar-refractivity contribution in [1.82, 2.24) is 16.0 Å². The van der Waals surface area contributed by atoms with Crippen LogP contribution in [0.2, 0.25) is 0 Å². The summed E-state index contributed by atoms with van der Waals surface area (Å²) in [5, 5.41) is 43.9. The molecule has 39 heavy (non-hydrogen) atoms. The molecule has 0 aliphatic heterocycles. The van der Waals surface area contributed by atoms with Gasteiger partial charge in [0.2, 0.25) is 17.7 Å². The predicted octanol–water partition coefficient (Wildman–Crippen LogP) is -3.29. The Labute approximate surface area is 223 Å². The number of nitrogens with zero attached hydrogens (tertiary/aromatic N) is 1. The number of aliphatic hydroxyl groups excluding tert-OH is 1. The number of nitrogens with two attached hydrogens (primary N) is 3. The summed E-state index contributed by atoms with van der Waals surface area (Å²) >= 11 is 0. The Bertz CT molecular complexity index is 1030. The molecule has 1 aromatic carbocycles. The number of carboxylic acid groups (broad SMARTS) is 2. The fraction of sp³-hybridized carbons (Fsp3) is 0.478. The Balaban J connectivity index is 3.07. The van der Waals surface area contributed by atoms with Crippen LogP contribution in [0.3, 0.4) is 0 Å². The van der Waals surface area contributed by atoms with Crippen molar-refractivity contribution in [3.8, 4) is 5.75 Å². The van der Waals surface area contributed by atoms with E-state index in [1.807, 2.05) is 0 Å². The fourth-order valence-corrected chi connectivity index (χ4v) is 3.27. The van der Waals surface area contributed by atoms with Gasteiger partial charge in [0.05, 0.1) is 12.6 Å². The largest absolute Gasteiger partial charge is 0.508 e. The van der Waals surface area contributed by atoms with Crippen LogP contribution >= 0.6 is 0 Å². The molecule has 216 valence electrons. The first-order valence-corrected chi connectivity index (χ1v) is 11.9. The number of carbonyl (C=O) groups is 5. The SMILES string of the molecule is NC(N)=NCCCC(N)C(=O)NC(CCC(=O)O)C(=O)NC(Cc1ccc(O)cc1)C(=O)NC(CO)C(=O)O. The van der Waals surface area contributed by atoms with Crippen LogP contribution in [0.15, 0.2) is 29.3 Å². The molecule has 4 atom stereocenters. The van der Waals surface area contributed by atoms with Crippen LogP contribution < -0.4 is 33.2 Å². The van der Waals surface area contributed by atoms with E-state index in [0.717, 1.165) is 0 Å². The molecule has 0 aliphatic carbocycles. The number of aliphatic imine (C=N–C) groups is 1. The van der Waals surface area contributed by atoms with E-state index >= 15 is 0 Å². The highest BCUT2D eigenvalue weighted by molar-refractivity contribution is 5.94. The van der Waals surface area contributed by atoms with E-state index < -0.39 is 66.9 Å². The highest BCUT2D eigenvalue weighted by Crippen LogP contribution is 2.12. The van der Waals surface area contributed by atoms with Crippen molar-refractivity contribution in [2.45, 2.75) is 56.3 Å². The number of carboxylic acids is 2. The van der Waals surface area contributed by atoms with Gasteiger partial charge in [-0.15, -0.1) is 0 Å². The van der Waals surface area contributed by atoms with Gasteiger partial charge in [0, 0.05) is 19.4 Å². The third-order valence-electron chi connectivity index (χ3n) is 5.39. The van der Waals surface area contributed by atoms with E-state index in [1.54, 1.807) is 0 Å². The fourth-order valence-electron chi connectivity index (χ4n) is 3.27. The predicted molar refractivity (Wildman–Crippen MR) is 137 cm³/mol. The smallest absolute Gasteiger partial charge is 0.328 e. The molecule has 0 aromatic heterocycles. The molecule has 16 heteroatoms. The number of hydrogen-bond acceptors (Lipinski definition) is 9. The van der Waals surface area contributed by atoms with Gasteiger partial charge < -0.3 is 53.6 Å². The molecular formula is C23H35N7O9. The monoisotopic (exact) mass is 553 g/mol. The van der Waals surface area contributed by atoms with Gasteiger partial charge in [0.15, 0.2) is 5.96 Å². The normalized spacial score (nSPS) is 13.7. The summed E-state index contributed by atoms with van der Waals surface area (Å²) in [6, 6.07) is 0.0801. The topological polar surface area (TPSA) is 293 Å². The van der Waals surface area contributed by atoms with Crippen molar-refractivity contribution < 1.29 is 44.4 Å². The highest BCUT2D eigenvalue weighted by Gasteiger charge is 2.30.